The van der Waals surface area contributed by atoms with Crippen LogP contribution in [-0.2, 0) is 14.4 Å². The van der Waals surface area contributed by atoms with E-state index in [1.807, 2.05) is 6.08 Å². The maximum absolute atomic E-state index is 12.1. The SMILES string of the molecule is CC(=O)[C@H]1CC[C@H]2[C@@H]3CCC4=CC(=O)CC[C@]4(C)[C@H]3CC[C@]12C=O. The van der Waals surface area contributed by atoms with Crippen LogP contribution in [0.25, 0.3) is 0 Å². The van der Waals surface area contributed by atoms with Gasteiger partial charge in [0.15, 0.2) is 5.78 Å². The summed E-state index contributed by atoms with van der Waals surface area (Å²) in [4.78, 5) is 36.2. The maximum Gasteiger partial charge on any atom is 0.155 e. The standard InChI is InChI=1S/C21H28O3/c1-13(23)17-5-6-19-16-4-3-14-11-15(24)7-9-20(14,2)18(16)8-10-21(17,19)12-22/h11-12,16-19H,3-10H2,1-2H3/t16-,17-,18+,19+,20+,21+/m1/s1. The number of hydrogen-bond donors (Lipinski definition) is 0. The van der Waals surface area contributed by atoms with Crippen molar-refractivity contribution in [3.63, 3.8) is 0 Å². The first-order chi connectivity index (χ1) is 11.4. The van der Waals surface area contributed by atoms with Gasteiger partial charge in [-0.3, -0.25) is 9.59 Å². The van der Waals surface area contributed by atoms with Crippen LogP contribution in [0.3, 0.4) is 0 Å². The van der Waals surface area contributed by atoms with Crippen molar-refractivity contribution in [2.24, 2.45) is 34.5 Å². The highest BCUT2D eigenvalue weighted by Crippen LogP contribution is 2.66. The second-order valence-corrected chi connectivity index (χ2v) is 8.98. The Morgan fingerprint density at radius 1 is 1.12 bits per heavy atom. The summed E-state index contributed by atoms with van der Waals surface area (Å²) in [6.07, 6.45) is 10.6. The van der Waals surface area contributed by atoms with E-state index >= 15 is 0 Å². The van der Waals surface area contributed by atoms with Crippen molar-refractivity contribution < 1.29 is 14.4 Å². The molecule has 4 aliphatic carbocycles. The van der Waals surface area contributed by atoms with Gasteiger partial charge in [-0.15, -0.1) is 0 Å². The first kappa shape index (κ1) is 16.2. The predicted molar refractivity (Wildman–Crippen MR) is 91.3 cm³/mol. The summed E-state index contributed by atoms with van der Waals surface area (Å²) < 4.78 is 0. The van der Waals surface area contributed by atoms with Crippen molar-refractivity contribution >= 4 is 17.9 Å². The van der Waals surface area contributed by atoms with Crippen LogP contribution < -0.4 is 0 Å². The quantitative estimate of drug-likeness (QED) is 0.722. The second kappa shape index (κ2) is 5.37. The number of rotatable bonds is 2. The molecule has 130 valence electrons. The van der Waals surface area contributed by atoms with Crippen molar-refractivity contribution in [1.29, 1.82) is 0 Å². The van der Waals surface area contributed by atoms with Gasteiger partial charge in [0, 0.05) is 17.8 Å². The minimum Gasteiger partial charge on any atom is -0.303 e. The van der Waals surface area contributed by atoms with Gasteiger partial charge in [-0.2, -0.15) is 0 Å². The lowest BCUT2D eigenvalue weighted by atomic mass is 9.46. The molecule has 0 heterocycles. The Morgan fingerprint density at radius 3 is 2.62 bits per heavy atom. The van der Waals surface area contributed by atoms with Crippen LogP contribution in [0.2, 0.25) is 0 Å². The van der Waals surface area contributed by atoms with Gasteiger partial charge in [-0.1, -0.05) is 12.5 Å². The highest BCUT2D eigenvalue weighted by molar-refractivity contribution is 5.91. The number of carbonyl (C=O) groups excluding carboxylic acids is 3. The molecule has 3 heteroatoms. The van der Waals surface area contributed by atoms with Crippen LogP contribution in [0.15, 0.2) is 11.6 Å². The highest BCUT2D eigenvalue weighted by atomic mass is 16.1. The fraction of sp³-hybridized carbons (Fsp3) is 0.762. The molecule has 0 unspecified atom stereocenters. The minimum atomic E-state index is -0.394. The molecule has 0 aliphatic heterocycles. The normalized spacial score (nSPS) is 47.2. The first-order valence-corrected chi connectivity index (χ1v) is 9.63. The lowest BCUT2D eigenvalue weighted by Gasteiger charge is -2.57. The Kier molecular flexibility index (Phi) is 3.63. The second-order valence-electron chi connectivity index (χ2n) is 8.98. The monoisotopic (exact) mass is 328 g/mol. The third kappa shape index (κ3) is 1.99. The molecule has 0 bridgehead atoms. The zero-order valence-electron chi connectivity index (χ0n) is 14.8. The number of hydrogen-bond acceptors (Lipinski definition) is 3. The number of aldehydes is 1. The van der Waals surface area contributed by atoms with E-state index in [2.05, 4.69) is 6.92 Å². The molecular weight excluding hydrogens is 300 g/mol. The summed E-state index contributed by atoms with van der Waals surface area (Å²) in [5.74, 6) is 1.93. The van der Waals surface area contributed by atoms with E-state index in [4.69, 9.17) is 0 Å². The smallest absolute Gasteiger partial charge is 0.155 e. The van der Waals surface area contributed by atoms with Gasteiger partial charge in [-0.05, 0) is 81.1 Å². The molecule has 3 saturated carbocycles. The number of ketones is 2. The van der Waals surface area contributed by atoms with E-state index in [9.17, 15) is 14.4 Å². The van der Waals surface area contributed by atoms with Crippen LogP contribution in [0.4, 0.5) is 0 Å². The van der Waals surface area contributed by atoms with Crippen LogP contribution in [0, 0.1) is 34.5 Å². The van der Waals surface area contributed by atoms with Gasteiger partial charge in [0.25, 0.3) is 0 Å². The number of Topliss-reactive ketones (excluding diaryl/α,β-unsaturated/α-hetero) is 1. The van der Waals surface area contributed by atoms with Crippen molar-refractivity contribution in [2.75, 3.05) is 0 Å². The van der Waals surface area contributed by atoms with E-state index in [1.54, 1.807) is 6.92 Å². The molecule has 6 atom stereocenters. The predicted octanol–water partition coefficient (Wildman–Crippen LogP) is 3.90. The average molecular weight is 328 g/mol. The third-order valence-electron chi connectivity index (χ3n) is 8.26. The largest absolute Gasteiger partial charge is 0.303 e. The lowest BCUT2D eigenvalue weighted by molar-refractivity contribution is -0.140. The van der Waals surface area contributed by atoms with Gasteiger partial charge < -0.3 is 4.79 Å². The van der Waals surface area contributed by atoms with Crippen molar-refractivity contribution in [3.05, 3.63) is 11.6 Å². The average Bonchev–Trinajstić information content (AvgIpc) is 2.95. The number of carbonyl (C=O) groups is 3. The minimum absolute atomic E-state index is 0.0568. The summed E-state index contributed by atoms with van der Waals surface area (Å²) in [6.45, 7) is 4.02. The van der Waals surface area contributed by atoms with Gasteiger partial charge in [0.1, 0.15) is 12.1 Å². The van der Waals surface area contributed by atoms with Crippen LogP contribution >= 0.6 is 0 Å². The van der Waals surface area contributed by atoms with Crippen molar-refractivity contribution in [2.45, 2.75) is 65.2 Å². The summed E-state index contributed by atoms with van der Waals surface area (Å²) >= 11 is 0. The first-order valence-electron chi connectivity index (χ1n) is 9.63. The molecule has 0 N–H and O–H groups in total. The Bertz CT molecular complexity index is 631. The molecule has 0 radical (unpaired) electrons. The topological polar surface area (TPSA) is 51.2 Å². The molecule has 0 saturated heterocycles. The number of allylic oxidation sites excluding steroid dienone is 1. The molecule has 3 nitrogen and oxygen atoms in total. The molecule has 0 aromatic rings. The molecule has 0 amide bonds. The Morgan fingerprint density at radius 2 is 1.92 bits per heavy atom. The fourth-order valence-electron chi connectivity index (χ4n) is 7.10. The van der Waals surface area contributed by atoms with E-state index in [-0.39, 0.29) is 22.9 Å². The molecule has 0 spiro atoms. The molecule has 3 fully saturated rings. The zero-order chi connectivity index (χ0) is 17.1. The Balaban J connectivity index is 1.70. The van der Waals surface area contributed by atoms with Gasteiger partial charge in [-0.25, -0.2) is 0 Å². The highest BCUT2D eigenvalue weighted by Gasteiger charge is 2.61. The van der Waals surface area contributed by atoms with Crippen LogP contribution in [0.5, 0.6) is 0 Å². The van der Waals surface area contributed by atoms with Crippen LogP contribution in [-0.4, -0.2) is 17.9 Å². The van der Waals surface area contributed by atoms with Crippen molar-refractivity contribution in [1.82, 2.24) is 0 Å². The molecule has 4 aliphatic rings. The van der Waals surface area contributed by atoms with E-state index in [0.717, 1.165) is 51.2 Å². The van der Waals surface area contributed by atoms with Gasteiger partial charge in [0.2, 0.25) is 0 Å². The summed E-state index contributed by atoms with van der Waals surface area (Å²) in [7, 11) is 0. The third-order valence-corrected chi connectivity index (χ3v) is 8.26. The molecule has 24 heavy (non-hydrogen) atoms. The lowest BCUT2D eigenvalue weighted by Crippen LogP contribution is -2.52. The summed E-state index contributed by atoms with van der Waals surface area (Å²) in [5, 5.41) is 0. The Labute approximate surface area is 144 Å². The zero-order valence-corrected chi connectivity index (χ0v) is 14.8. The molecule has 0 aromatic heterocycles. The van der Waals surface area contributed by atoms with Gasteiger partial charge >= 0.3 is 0 Å². The summed E-state index contributed by atoms with van der Waals surface area (Å²) in [6, 6.07) is 0. The Hall–Kier alpha value is -1.25. The van der Waals surface area contributed by atoms with Crippen LogP contribution in [0.1, 0.15) is 65.2 Å². The summed E-state index contributed by atoms with van der Waals surface area (Å²) in [5.41, 5.74) is 1.11. The molecular formula is C21H28O3. The van der Waals surface area contributed by atoms with Gasteiger partial charge in [0.05, 0.1) is 0 Å². The van der Waals surface area contributed by atoms with E-state index in [0.29, 0.717) is 24.2 Å². The van der Waals surface area contributed by atoms with E-state index < -0.39 is 5.41 Å². The molecule has 0 aromatic carbocycles. The maximum atomic E-state index is 12.1. The van der Waals surface area contributed by atoms with E-state index in [1.165, 1.54) is 5.57 Å². The van der Waals surface area contributed by atoms with Crippen molar-refractivity contribution in [3.8, 4) is 0 Å². The number of fused-ring (bicyclic) bond motifs is 5. The fourth-order valence-corrected chi connectivity index (χ4v) is 7.10. The molecule has 4 rings (SSSR count).